The fourth-order valence-electron chi connectivity index (χ4n) is 2.09. The van der Waals surface area contributed by atoms with Gasteiger partial charge in [-0.25, -0.2) is 4.98 Å². The van der Waals surface area contributed by atoms with Gasteiger partial charge in [-0.15, -0.1) is 0 Å². The second-order valence-corrected chi connectivity index (χ2v) is 4.55. The molecule has 0 saturated heterocycles. The van der Waals surface area contributed by atoms with E-state index in [1.54, 1.807) is 6.33 Å². The first-order chi connectivity index (χ1) is 7.34. The molecule has 0 spiro atoms. The van der Waals surface area contributed by atoms with Crippen LogP contribution in [-0.4, -0.2) is 16.0 Å². The van der Waals surface area contributed by atoms with Crippen LogP contribution in [0, 0.1) is 4.64 Å². The van der Waals surface area contributed by atoms with Gasteiger partial charge in [0.1, 0.15) is 10.5 Å². The van der Waals surface area contributed by atoms with Crippen LogP contribution < -0.4 is 5.32 Å². The molecular weight excluding hydrogens is 206 g/mol. The van der Waals surface area contributed by atoms with Crippen LogP contribution in [0.4, 0.5) is 5.82 Å². The molecule has 3 nitrogen and oxygen atoms in total. The maximum atomic E-state index is 5.02. The van der Waals surface area contributed by atoms with Gasteiger partial charge in [-0.05, 0) is 12.8 Å². The number of hydrogen-bond donors (Lipinski definition) is 2. The van der Waals surface area contributed by atoms with Crippen LogP contribution in [0.1, 0.15) is 38.5 Å². The lowest BCUT2D eigenvalue weighted by molar-refractivity contribution is 0.617. The third-order valence-corrected chi connectivity index (χ3v) is 3.12. The van der Waals surface area contributed by atoms with Crippen molar-refractivity contribution >= 4 is 18.0 Å². The van der Waals surface area contributed by atoms with Crippen molar-refractivity contribution < 1.29 is 0 Å². The van der Waals surface area contributed by atoms with Crippen molar-refractivity contribution in [3.8, 4) is 0 Å². The summed E-state index contributed by atoms with van der Waals surface area (Å²) >= 11 is 5.02. The average molecular weight is 223 g/mol. The zero-order valence-electron chi connectivity index (χ0n) is 8.83. The molecule has 2 rings (SSSR count). The second-order valence-electron chi connectivity index (χ2n) is 4.13. The summed E-state index contributed by atoms with van der Waals surface area (Å²) in [5.74, 6) is 1.00. The van der Waals surface area contributed by atoms with E-state index in [2.05, 4.69) is 15.3 Å². The van der Waals surface area contributed by atoms with Gasteiger partial charge >= 0.3 is 0 Å². The Bertz CT molecular complexity index is 353. The third kappa shape index (κ3) is 3.30. The summed E-state index contributed by atoms with van der Waals surface area (Å²) in [6.45, 7) is 0. The highest BCUT2D eigenvalue weighted by Gasteiger charge is 2.11. The molecule has 1 heterocycles. The molecule has 0 bridgehead atoms. The number of rotatable bonds is 2. The van der Waals surface area contributed by atoms with Crippen LogP contribution in [0.15, 0.2) is 12.4 Å². The number of nitrogens with one attached hydrogen (secondary N) is 2. The molecule has 1 aromatic rings. The molecule has 0 amide bonds. The van der Waals surface area contributed by atoms with Crippen molar-refractivity contribution in [1.82, 2.24) is 9.97 Å². The minimum atomic E-state index is 0.598. The van der Waals surface area contributed by atoms with E-state index < -0.39 is 0 Å². The van der Waals surface area contributed by atoms with Gasteiger partial charge in [0.05, 0.1) is 6.33 Å². The van der Waals surface area contributed by atoms with Crippen LogP contribution in [-0.2, 0) is 0 Å². The monoisotopic (exact) mass is 223 g/mol. The quantitative estimate of drug-likeness (QED) is 0.597. The van der Waals surface area contributed by atoms with Crippen LogP contribution >= 0.6 is 12.2 Å². The normalized spacial score (nSPS) is 18.4. The Morgan fingerprint density at radius 2 is 2.00 bits per heavy atom. The average Bonchev–Trinajstić information content (AvgIpc) is 2.46. The van der Waals surface area contributed by atoms with E-state index in [9.17, 15) is 0 Å². The highest BCUT2D eigenvalue weighted by Crippen LogP contribution is 2.19. The van der Waals surface area contributed by atoms with E-state index in [0.717, 1.165) is 5.82 Å². The number of aromatic amines is 1. The molecule has 0 aliphatic heterocycles. The molecule has 0 aromatic carbocycles. The zero-order valence-corrected chi connectivity index (χ0v) is 9.65. The van der Waals surface area contributed by atoms with Crippen LogP contribution in [0.3, 0.4) is 0 Å². The van der Waals surface area contributed by atoms with Crippen molar-refractivity contribution in [2.75, 3.05) is 5.32 Å². The number of anilines is 1. The van der Waals surface area contributed by atoms with Gasteiger partial charge in [0, 0.05) is 12.1 Å². The SMILES string of the molecule is S=c1cc(NC2CCCCCC2)[nH]cn1. The first-order valence-electron chi connectivity index (χ1n) is 5.66. The topological polar surface area (TPSA) is 40.7 Å². The van der Waals surface area contributed by atoms with E-state index in [-0.39, 0.29) is 0 Å². The van der Waals surface area contributed by atoms with E-state index in [1.165, 1.54) is 38.5 Å². The summed E-state index contributed by atoms with van der Waals surface area (Å²) in [5, 5.41) is 3.50. The molecule has 0 atom stereocenters. The minimum absolute atomic E-state index is 0.598. The molecule has 1 aliphatic rings. The highest BCUT2D eigenvalue weighted by molar-refractivity contribution is 7.71. The summed E-state index contributed by atoms with van der Waals surface area (Å²) in [6, 6.07) is 2.49. The molecule has 1 fully saturated rings. The molecule has 0 unspecified atom stereocenters. The maximum absolute atomic E-state index is 5.02. The fourth-order valence-corrected chi connectivity index (χ4v) is 2.27. The minimum Gasteiger partial charge on any atom is -0.369 e. The Morgan fingerprint density at radius 3 is 2.67 bits per heavy atom. The summed E-state index contributed by atoms with van der Waals surface area (Å²) < 4.78 is 0.643. The first kappa shape index (κ1) is 10.6. The van der Waals surface area contributed by atoms with Crippen molar-refractivity contribution in [2.24, 2.45) is 0 Å². The molecule has 15 heavy (non-hydrogen) atoms. The van der Waals surface area contributed by atoms with Crippen molar-refractivity contribution in [1.29, 1.82) is 0 Å². The Kier molecular flexibility index (Phi) is 3.72. The molecule has 1 saturated carbocycles. The van der Waals surface area contributed by atoms with Crippen molar-refractivity contribution in [3.63, 3.8) is 0 Å². The van der Waals surface area contributed by atoms with Gasteiger partial charge < -0.3 is 10.3 Å². The second kappa shape index (κ2) is 5.26. The molecule has 1 aromatic heterocycles. The molecule has 4 heteroatoms. The Hall–Kier alpha value is -0.900. The highest BCUT2D eigenvalue weighted by atomic mass is 32.1. The summed E-state index contributed by atoms with van der Waals surface area (Å²) in [5.41, 5.74) is 0. The Morgan fingerprint density at radius 1 is 1.27 bits per heavy atom. The first-order valence-corrected chi connectivity index (χ1v) is 6.07. The maximum Gasteiger partial charge on any atom is 0.131 e. The fraction of sp³-hybridized carbons (Fsp3) is 0.636. The smallest absolute Gasteiger partial charge is 0.131 e. The van der Waals surface area contributed by atoms with E-state index in [0.29, 0.717) is 10.7 Å². The van der Waals surface area contributed by atoms with Crippen molar-refractivity contribution in [3.05, 3.63) is 17.0 Å². The van der Waals surface area contributed by atoms with Gasteiger partial charge in [0.2, 0.25) is 0 Å². The Labute approximate surface area is 95.3 Å². The van der Waals surface area contributed by atoms with Gasteiger partial charge in [0.15, 0.2) is 0 Å². The number of H-pyrrole nitrogens is 1. The summed E-state index contributed by atoms with van der Waals surface area (Å²) in [6.07, 6.45) is 9.62. The van der Waals surface area contributed by atoms with Crippen molar-refractivity contribution in [2.45, 2.75) is 44.6 Å². The Balaban J connectivity index is 1.98. The predicted octanol–water partition coefficient (Wildman–Crippen LogP) is 3.27. The predicted molar refractivity (Wildman–Crippen MR) is 64.5 cm³/mol. The van der Waals surface area contributed by atoms with E-state index in [1.807, 2.05) is 6.07 Å². The largest absolute Gasteiger partial charge is 0.369 e. The molecule has 82 valence electrons. The summed E-state index contributed by atoms with van der Waals surface area (Å²) in [7, 11) is 0. The molecule has 0 radical (unpaired) electrons. The van der Waals surface area contributed by atoms with Crippen LogP contribution in [0.25, 0.3) is 0 Å². The van der Waals surface area contributed by atoms with E-state index in [4.69, 9.17) is 12.2 Å². The number of hydrogen-bond acceptors (Lipinski definition) is 3. The van der Waals surface area contributed by atoms with Crippen LogP contribution in [0.2, 0.25) is 0 Å². The van der Waals surface area contributed by atoms with Crippen LogP contribution in [0.5, 0.6) is 0 Å². The molecule has 1 aliphatic carbocycles. The number of aromatic nitrogens is 2. The zero-order chi connectivity index (χ0) is 10.5. The van der Waals surface area contributed by atoms with E-state index >= 15 is 0 Å². The van der Waals surface area contributed by atoms with Gasteiger partial charge in [-0.2, -0.15) is 0 Å². The lowest BCUT2D eigenvalue weighted by Gasteiger charge is -2.16. The standard InChI is InChI=1S/C11H17N3S/c15-11-7-10(12-8-13-11)14-9-5-3-1-2-4-6-9/h7-9H,1-6H2,(H2,12,13,14,15). The lowest BCUT2D eigenvalue weighted by Crippen LogP contribution is -2.18. The lowest BCUT2D eigenvalue weighted by atomic mass is 10.1. The summed E-state index contributed by atoms with van der Waals surface area (Å²) in [4.78, 5) is 7.06. The third-order valence-electron chi connectivity index (χ3n) is 2.89. The van der Waals surface area contributed by atoms with Gasteiger partial charge in [-0.1, -0.05) is 37.9 Å². The molecular formula is C11H17N3S. The van der Waals surface area contributed by atoms with Gasteiger partial charge in [0.25, 0.3) is 0 Å². The molecule has 2 N–H and O–H groups in total. The number of nitrogens with zero attached hydrogens (tertiary/aromatic N) is 1. The van der Waals surface area contributed by atoms with Gasteiger partial charge in [-0.3, -0.25) is 0 Å².